The zero-order valence-corrected chi connectivity index (χ0v) is 8.48. The van der Waals surface area contributed by atoms with Crippen LogP contribution in [0.5, 0.6) is 0 Å². The first-order valence-corrected chi connectivity index (χ1v) is 5.24. The Labute approximate surface area is 88.3 Å². The molecule has 2 N–H and O–H groups in total. The van der Waals surface area contributed by atoms with E-state index in [2.05, 4.69) is 5.32 Å². The Hall–Kier alpha value is -1.52. The summed E-state index contributed by atoms with van der Waals surface area (Å²) in [4.78, 5) is 23.9. The average Bonchev–Trinajstić information content (AvgIpc) is 2.17. The fourth-order valence-corrected chi connectivity index (χ4v) is 2.19. The number of nitrogens with zero attached hydrogens (tertiary/aromatic N) is 2. The molecular formula is C10H14N3O2. The molecule has 81 valence electrons. The molecule has 0 aromatic carbocycles. The SMILES string of the molecule is NC1=CC(=O)[N]C(=O)N1C1CCCCC1. The van der Waals surface area contributed by atoms with Crippen LogP contribution in [0.2, 0.25) is 0 Å². The van der Waals surface area contributed by atoms with E-state index in [-0.39, 0.29) is 11.9 Å². The third-order valence-corrected chi connectivity index (χ3v) is 2.90. The normalized spacial score (nSPS) is 23.7. The lowest BCUT2D eigenvalue weighted by Crippen LogP contribution is -2.50. The molecule has 0 unspecified atom stereocenters. The summed E-state index contributed by atoms with van der Waals surface area (Å²) < 4.78 is 0. The molecule has 1 saturated carbocycles. The maximum absolute atomic E-state index is 11.5. The van der Waals surface area contributed by atoms with Crippen molar-refractivity contribution >= 4 is 11.9 Å². The molecule has 0 bridgehead atoms. The number of rotatable bonds is 1. The molecule has 5 nitrogen and oxygen atoms in total. The number of carbonyl (C=O) groups excluding carboxylic acids is 2. The molecule has 1 heterocycles. The topological polar surface area (TPSA) is 77.5 Å². The van der Waals surface area contributed by atoms with Crippen molar-refractivity contribution in [2.24, 2.45) is 5.73 Å². The molecule has 2 rings (SSSR count). The van der Waals surface area contributed by atoms with Crippen LogP contribution in [0.3, 0.4) is 0 Å². The van der Waals surface area contributed by atoms with E-state index in [1.165, 1.54) is 17.4 Å². The molecule has 0 aromatic heterocycles. The first kappa shape index (κ1) is 10.0. The molecule has 1 fully saturated rings. The van der Waals surface area contributed by atoms with Crippen LogP contribution in [0, 0.1) is 0 Å². The van der Waals surface area contributed by atoms with Crippen molar-refractivity contribution in [2.75, 3.05) is 0 Å². The van der Waals surface area contributed by atoms with Crippen LogP contribution in [-0.4, -0.2) is 22.9 Å². The number of hydrogen-bond acceptors (Lipinski definition) is 3. The fourth-order valence-electron chi connectivity index (χ4n) is 2.19. The highest BCUT2D eigenvalue weighted by molar-refractivity contribution is 6.03. The van der Waals surface area contributed by atoms with Gasteiger partial charge in [0.2, 0.25) is 0 Å². The van der Waals surface area contributed by atoms with Crippen molar-refractivity contribution in [3.8, 4) is 0 Å². The van der Waals surface area contributed by atoms with E-state index < -0.39 is 11.9 Å². The van der Waals surface area contributed by atoms with Crippen molar-refractivity contribution in [3.63, 3.8) is 0 Å². The van der Waals surface area contributed by atoms with Gasteiger partial charge in [0.05, 0.1) is 0 Å². The van der Waals surface area contributed by atoms with Crippen LogP contribution in [0.4, 0.5) is 4.79 Å². The van der Waals surface area contributed by atoms with Gasteiger partial charge in [-0.1, -0.05) is 19.3 Å². The summed E-state index contributed by atoms with van der Waals surface area (Å²) in [5, 5.41) is 3.38. The van der Waals surface area contributed by atoms with Crippen molar-refractivity contribution < 1.29 is 9.59 Å². The molecule has 0 atom stereocenters. The summed E-state index contributed by atoms with van der Waals surface area (Å²) in [6.07, 6.45) is 6.54. The van der Waals surface area contributed by atoms with Crippen molar-refractivity contribution in [1.29, 1.82) is 0 Å². The van der Waals surface area contributed by atoms with E-state index in [9.17, 15) is 9.59 Å². The number of carbonyl (C=O) groups is 2. The van der Waals surface area contributed by atoms with Crippen LogP contribution in [0.15, 0.2) is 11.9 Å². The van der Waals surface area contributed by atoms with Crippen LogP contribution >= 0.6 is 0 Å². The van der Waals surface area contributed by atoms with Crippen molar-refractivity contribution in [2.45, 2.75) is 38.1 Å². The Kier molecular flexibility index (Phi) is 2.62. The van der Waals surface area contributed by atoms with E-state index in [0.29, 0.717) is 0 Å². The third kappa shape index (κ3) is 1.95. The van der Waals surface area contributed by atoms with E-state index in [1.54, 1.807) is 0 Å². The van der Waals surface area contributed by atoms with Crippen LogP contribution in [0.25, 0.3) is 0 Å². The van der Waals surface area contributed by atoms with Crippen molar-refractivity contribution in [1.82, 2.24) is 10.2 Å². The third-order valence-electron chi connectivity index (χ3n) is 2.90. The summed E-state index contributed by atoms with van der Waals surface area (Å²) >= 11 is 0. The van der Waals surface area contributed by atoms with Crippen LogP contribution in [0.1, 0.15) is 32.1 Å². The van der Waals surface area contributed by atoms with Crippen molar-refractivity contribution in [3.05, 3.63) is 11.9 Å². The lowest BCUT2D eigenvalue weighted by atomic mass is 9.94. The second kappa shape index (κ2) is 3.92. The molecule has 15 heavy (non-hydrogen) atoms. The van der Waals surface area contributed by atoms with Gasteiger partial charge in [0.15, 0.2) is 0 Å². The highest BCUT2D eigenvalue weighted by atomic mass is 16.2. The monoisotopic (exact) mass is 208 g/mol. The predicted molar refractivity (Wildman–Crippen MR) is 53.5 cm³/mol. The lowest BCUT2D eigenvalue weighted by Gasteiger charge is -2.34. The van der Waals surface area contributed by atoms with Gasteiger partial charge in [-0.15, -0.1) is 0 Å². The zero-order valence-electron chi connectivity index (χ0n) is 8.48. The second-order valence-electron chi connectivity index (χ2n) is 3.96. The molecule has 3 amide bonds. The van der Waals surface area contributed by atoms with Gasteiger partial charge < -0.3 is 5.73 Å². The molecule has 1 aliphatic carbocycles. The summed E-state index contributed by atoms with van der Waals surface area (Å²) in [5.74, 6) is -0.309. The standard InChI is InChI=1S/C10H14N3O2/c11-8-6-9(14)12-10(15)13(8)7-4-2-1-3-5-7/h6-7H,1-5,11H2. The summed E-state index contributed by atoms with van der Waals surface area (Å²) in [6, 6.07) is -0.383. The lowest BCUT2D eigenvalue weighted by molar-refractivity contribution is -0.116. The minimum Gasteiger partial charge on any atom is -0.385 e. The summed E-state index contributed by atoms with van der Waals surface area (Å²) in [6.45, 7) is 0. The van der Waals surface area contributed by atoms with Crippen LogP contribution in [-0.2, 0) is 4.79 Å². The number of nitrogens with two attached hydrogens (primary N) is 1. The smallest absolute Gasteiger partial charge is 0.352 e. The van der Waals surface area contributed by atoms with E-state index in [4.69, 9.17) is 5.73 Å². The van der Waals surface area contributed by atoms with Gasteiger partial charge in [-0.05, 0) is 12.8 Å². The van der Waals surface area contributed by atoms with E-state index in [1.807, 2.05) is 0 Å². The molecule has 2 aliphatic rings. The predicted octanol–water partition coefficient (Wildman–Crippen LogP) is 0.686. The zero-order chi connectivity index (χ0) is 10.8. The molecule has 1 aliphatic heterocycles. The van der Waals surface area contributed by atoms with Gasteiger partial charge in [0, 0.05) is 12.1 Å². The van der Waals surface area contributed by atoms with Gasteiger partial charge in [-0.25, -0.2) is 4.79 Å². The van der Waals surface area contributed by atoms with E-state index in [0.717, 1.165) is 25.7 Å². The first-order chi connectivity index (χ1) is 7.18. The van der Waals surface area contributed by atoms with Gasteiger partial charge in [0.25, 0.3) is 5.91 Å². The van der Waals surface area contributed by atoms with Gasteiger partial charge in [-0.2, -0.15) is 5.32 Å². The Morgan fingerprint density at radius 1 is 1.27 bits per heavy atom. The Morgan fingerprint density at radius 2 is 1.93 bits per heavy atom. The molecule has 0 saturated heterocycles. The van der Waals surface area contributed by atoms with Crippen LogP contribution < -0.4 is 11.1 Å². The second-order valence-corrected chi connectivity index (χ2v) is 3.96. The minimum atomic E-state index is -0.551. The highest BCUT2D eigenvalue weighted by Gasteiger charge is 2.32. The Balaban J connectivity index is 2.15. The quantitative estimate of drug-likeness (QED) is 0.688. The Bertz CT molecular complexity index is 319. The fraction of sp³-hybridized carbons (Fsp3) is 0.600. The molecule has 1 radical (unpaired) electrons. The molecule has 5 heteroatoms. The number of amides is 3. The summed E-state index contributed by atoms with van der Waals surface area (Å²) in [5.41, 5.74) is 5.68. The van der Waals surface area contributed by atoms with E-state index >= 15 is 0 Å². The number of urea groups is 1. The number of imide groups is 1. The van der Waals surface area contributed by atoms with Gasteiger partial charge >= 0.3 is 6.03 Å². The maximum atomic E-state index is 11.5. The minimum absolute atomic E-state index is 0.124. The molecule has 0 spiro atoms. The molecular weight excluding hydrogens is 194 g/mol. The van der Waals surface area contributed by atoms with Gasteiger partial charge in [0.1, 0.15) is 5.82 Å². The molecule has 0 aromatic rings. The Morgan fingerprint density at radius 3 is 2.53 bits per heavy atom. The highest BCUT2D eigenvalue weighted by Crippen LogP contribution is 2.25. The largest absolute Gasteiger partial charge is 0.385 e. The average molecular weight is 208 g/mol. The first-order valence-electron chi connectivity index (χ1n) is 5.24. The maximum Gasteiger partial charge on any atom is 0.352 e. The summed E-state index contributed by atoms with van der Waals surface area (Å²) in [7, 11) is 0. The van der Waals surface area contributed by atoms with Gasteiger partial charge in [-0.3, -0.25) is 9.69 Å². The number of hydrogen-bond donors (Lipinski definition) is 1.